The fourth-order valence-corrected chi connectivity index (χ4v) is 7.27. The largest absolute Gasteiger partial charge is 0.412 e. The number of carbonyl (C=O) groups excluding carboxylic acids is 2. The van der Waals surface area contributed by atoms with Crippen molar-refractivity contribution in [3.05, 3.63) is 59.7 Å². The van der Waals surface area contributed by atoms with Gasteiger partial charge in [-0.25, -0.2) is 9.59 Å². The summed E-state index contributed by atoms with van der Waals surface area (Å²) < 4.78 is 5.47. The molecule has 2 spiro atoms. The van der Waals surface area contributed by atoms with Crippen molar-refractivity contribution in [1.82, 2.24) is 10.2 Å². The van der Waals surface area contributed by atoms with Crippen molar-refractivity contribution in [3.63, 3.8) is 0 Å². The number of ether oxygens (including phenoxy) is 1. The SMILES string of the molecule is CNC(=O)Oc1ccc2c(c1)C13CCCCC1C1N(C(=O)N(C)c4ccccc4)C1(C2)C3. The molecule has 0 radical (unpaired) electrons. The van der Waals surface area contributed by atoms with E-state index in [1.165, 1.54) is 24.0 Å². The van der Waals surface area contributed by atoms with Gasteiger partial charge in [0, 0.05) is 25.2 Å². The summed E-state index contributed by atoms with van der Waals surface area (Å²) in [4.78, 5) is 29.3. The Morgan fingerprint density at radius 2 is 1.97 bits per heavy atom. The van der Waals surface area contributed by atoms with Crippen LogP contribution in [0.3, 0.4) is 0 Å². The lowest BCUT2D eigenvalue weighted by molar-refractivity contribution is 0.144. The second kappa shape index (κ2) is 6.74. The summed E-state index contributed by atoms with van der Waals surface area (Å²) in [5, 5.41) is 2.53. The summed E-state index contributed by atoms with van der Waals surface area (Å²) in [5.74, 6) is 1.08. The topological polar surface area (TPSA) is 61.6 Å². The van der Waals surface area contributed by atoms with E-state index in [1.807, 2.05) is 43.4 Å². The minimum absolute atomic E-state index is 0.0642. The lowest BCUT2D eigenvalue weighted by Gasteiger charge is -2.47. The van der Waals surface area contributed by atoms with Crippen LogP contribution in [0, 0.1) is 5.92 Å². The number of carbonyl (C=O) groups is 2. The van der Waals surface area contributed by atoms with Crippen molar-refractivity contribution in [3.8, 4) is 5.75 Å². The monoisotopic (exact) mass is 431 g/mol. The van der Waals surface area contributed by atoms with Crippen molar-refractivity contribution in [2.75, 3.05) is 19.0 Å². The normalized spacial score (nSPS) is 31.1. The highest BCUT2D eigenvalue weighted by Crippen LogP contribution is 2.72. The molecule has 3 aliphatic carbocycles. The van der Waals surface area contributed by atoms with E-state index in [-0.39, 0.29) is 17.0 Å². The highest BCUT2D eigenvalue weighted by atomic mass is 16.5. The summed E-state index contributed by atoms with van der Waals surface area (Å²) in [6.45, 7) is 0. The van der Waals surface area contributed by atoms with Gasteiger partial charge in [-0.1, -0.05) is 37.1 Å². The molecule has 2 bridgehead atoms. The molecule has 32 heavy (non-hydrogen) atoms. The Kier molecular flexibility index (Phi) is 4.14. The van der Waals surface area contributed by atoms with Gasteiger partial charge in [0.25, 0.3) is 0 Å². The summed E-state index contributed by atoms with van der Waals surface area (Å²) in [6.07, 6.45) is 6.23. The fraction of sp³-hybridized carbons (Fsp3) is 0.462. The van der Waals surface area contributed by atoms with Gasteiger partial charge < -0.3 is 15.0 Å². The van der Waals surface area contributed by atoms with Crippen molar-refractivity contribution in [2.45, 2.75) is 55.5 Å². The molecule has 4 unspecified atom stereocenters. The Hall–Kier alpha value is -3.02. The van der Waals surface area contributed by atoms with E-state index in [0.717, 1.165) is 31.4 Å². The number of fused-ring (bicyclic) bond motifs is 2. The van der Waals surface area contributed by atoms with Crippen LogP contribution in [0.2, 0.25) is 0 Å². The van der Waals surface area contributed by atoms with Crippen LogP contribution < -0.4 is 15.0 Å². The van der Waals surface area contributed by atoms with E-state index in [4.69, 9.17) is 4.74 Å². The van der Waals surface area contributed by atoms with Gasteiger partial charge in [0.05, 0.1) is 11.6 Å². The van der Waals surface area contributed by atoms with Gasteiger partial charge in [-0.2, -0.15) is 0 Å². The number of likely N-dealkylation sites (tertiary alicyclic amines) is 1. The second-order valence-electron chi connectivity index (χ2n) is 9.92. The molecular weight excluding hydrogens is 402 g/mol. The van der Waals surface area contributed by atoms with Gasteiger partial charge in [0.2, 0.25) is 0 Å². The molecule has 3 fully saturated rings. The van der Waals surface area contributed by atoms with Gasteiger partial charge in [0.15, 0.2) is 0 Å². The number of anilines is 1. The van der Waals surface area contributed by atoms with Gasteiger partial charge in [0.1, 0.15) is 5.75 Å². The number of hydrogen-bond donors (Lipinski definition) is 1. The molecule has 4 aliphatic rings. The van der Waals surface area contributed by atoms with Crippen LogP contribution in [-0.4, -0.2) is 42.7 Å². The number of nitrogens with one attached hydrogen (secondary N) is 1. The molecule has 2 saturated carbocycles. The second-order valence-corrected chi connectivity index (χ2v) is 9.92. The quantitative estimate of drug-likeness (QED) is 0.714. The molecule has 4 atom stereocenters. The van der Waals surface area contributed by atoms with Crippen molar-refractivity contribution < 1.29 is 14.3 Å². The fourth-order valence-electron chi connectivity index (χ4n) is 7.27. The van der Waals surface area contributed by atoms with Crippen LogP contribution >= 0.6 is 0 Å². The third kappa shape index (κ3) is 2.52. The van der Waals surface area contributed by atoms with Gasteiger partial charge in [-0.15, -0.1) is 0 Å². The van der Waals surface area contributed by atoms with Gasteiger partial charge in [-0.05, 0) is 67.0 Å². The predicted molar refractivity (Wildman–Crippen MR) is 122 cm³/mol. The number of piperidine rings is 1. The molecule has 3 amide bonds. The third-order valence-electron chi connectivity index (χ3n) is 8.51. The molecule has 1 N–H and O–H groups in total. The first-order valence-corrected chi connectivity index (χ1v) is 11.7. The average Bonchev–Trinajstić information content (AvgIpc) is 3.36. The Balaban J connectivity index is 1.36. The highest BCUT2D eigenvalue weighted by molar-refractivity contribution is 5.95. The Labute approximate surface area is 188 Å². The van der Waals surface area contributed by atoms with Crippen molar-refractivity contribution in [2.24, 2.45) is 5.92 Å². The molecule has 6 nitrogen and oxygen atoms in total. The maximum absolute atomic E-state index is 13.6. The summed E-state index contributed by atoms with van der Waals surface area (Å²) in [7, 11) is 3.46. The Bertz CT molecular complexity index is 1100. The van der Waals surface area contributed by atoms with E-state index < -0.39 is 6.09 Å². The number of urea groups is 1. The Morgan fingerprint density at radius 1 is 1.16 bits per heavy atom. The smallest absolute Gasteiger partial charge is 0.410 e. The molecule has 0 aromatic heterocycles. The lowest BCUT2D eigenvalue weighted by atomic mass is 9.60. The van der Waals surface area contributed by atoms with E-state index in [1.54, 1.807) is 11.9 Å². The first-order valence-electron chi connectivity index (χ1n) is 11.7. The summed E-state index contributed by atoms with van der Waals surface area (Å²) in [5.41, 5.74) is 3.63. The molecule has 1 aliphatic heterocycles. The number of nitrogens with zero attached hydrogens (tertiary/aromatic N) is 2. The zero-order chi connectivity index (χ0) is 22.1. The molecule has 6 rings (SSSR count). The van der Waals surface area contributed by atoms with E-state index in [0.29, 0.717) is 17.7 Å². The zero-order valence-corrected chi connectivity index (χ0v) is 18.6. The molecule has 2 aromatic rings. The molecule has 1 heterocycles. The van der Waals surface area contributed by atoms with Crippen LogP contribution in [0.5, 0.6) is 5.75 Å². The molecule has 166 valence electrons. The molecule has 1 saturated heterocycles. The van der Waals surface area contributed by atoms with Crippen LogP contribution in [0.4, 0.5) is 15.3 Å². The predicted octanol–water partition coefficient (Wildman–Crippen LogP) is 4.47. The number of para-hydroxylation sites is 1. The van der Waals surface area contributed by atoms with Crippen LogP contribution in [0.25, 0.3) is 0 Å². The Morgan fingerprint density at radius 3 is 2.75 bits per heavy atom. The lowest BCUT2D eigenvalue weighted by Crippen LogP contribution is -2.47. The van der Waals surface area contributed by atoms with Crippen LogP contribution in [0.15, 0.2) is 48.5 Å². The van der Waals surface area contributed by atoms with Crippen LogP contribution in [0.1, 0.15) is 43.2 Å². The zero-order valence-electron chi connectivity index (χ0n) is 18.6. The summed E-state index contributed by atoms with van der Waals surface area (Å²) >= 11 is 0. The van der Waals surface area contributed by atoms with Crippen molar-refractivity contribution >= 4 is 17.8 Å². The van der Waals surface area contributed by atoms with E-state index in [9.17, 15) is 9.59 Å². The minimum atomic E-state index is -0.440. The number of amides is 3. The van der Waals surface area contributed by atoms with E-state index >= 15 is 0 Å². The number of rotatable bonds is 2. The molecular formula is C26H29N3O3. The summed E-state index contributed by atoms with van der Waals surface area (Å²) in [6, 6.07) is 16.4. The number of benzene rings is 2. The number of hydrogen-bond acceptors (Lipinski definition) is 3. The van der Waals surface area contributed by atoms with Gasteiger partial charge >= 0.3 is 12.1 Å². The van der Waals surface area contributed by atoms with Gasteiger partial charge in [-0.3, -0.25) is 4.90 Å². The van der Waals surface area contributed by atoms with Crippen molar-refractivity contribution in [1.29, 1.82) is 0 Å². The first-order chi connectivity index (χ1) is 15.5. The minimum Gasteiger partial charge on any atom is -0.410 e. The maximum atomic E-state index is 13.6. The average molecular weight is 432 g/mol. The standard InChI is InChI=1S/C26H29N3O3/c1-27-23(30)32-19-12-11-17-15-26-16-25(21(17)14-19)13-7-6-10-20(25)22(26)29(26)24(31)28(2)18-8-4-3-5-9-18/h3-5,8-9,11-12,14,20,22H,6-7,10,13,15-16H2,1-2H3,(H,27,30). The van der Waals surface area contributed by atoms with Crippen LogP contribution in [-0.2, 0) is 11.8 Å². The third-order valence-corrected chi connectivity index (χ3v) is 8.51. The highest BCUT2D eigenvalue weighted by Gasteiger charge is 2.79. The molecule has 2 aromatic carbocycles. The maximum Gasteiger partial charge on any atom is 0.412 e. The van der Waals surface area contributed by atoms with E-state index in [2.05, 4.69) is 22.3 Å². The first kappa shape index (κ1) is 19.6. The molecule has 6 heteroatoms.